The third kappa shape index (κ3) is 1.34. The van der Waals surface area contributed by atoms with Gasteiger partial charge in [0.2, 0.25) is 0 Å². The summed E-state index contributed by atoms with van der Waals surface area (Å²) in [7, 11) is 0. The van der Waals surface area contributed by atoms with Crippen LogP contribution < -0.4 is 0 Å². The van der Waals surface area contributed by atoms with Crippen molar-refractivity contribution in [2.45, 2.75) is 11.9 Å². The molecule has 0 amide bonds. The fourth-order valence-electron chi connectivity index (χ4n) is 1.02. The number of rotatable bonds is 1. The molecule has 0 saturated heterocycles. The van der Waals surface area contributed by atoms with E-state index in [4.69, 9.17) is 5.26 Å². The molecule has 2 heterocycles. The first-order valence-corrected chi connectivity index (χ1v) is 4.36. The van der Waals surface area contributed by atoms with E-state index in [1.165, 1.54) is 6.33 Å². The van der Waals surface area contributed by atoms with E-state index >= 15 is 0 Å². The van der Waals surface area contributed by atoms with Gasteiger partial charge in [0.25, 0.3) is 5.78 Å². The van der Waals surface area contributed by atoms with Crippen molar-refractivity contribution < 1.29 is 0 Å². The minimum atomic E-state index is 0.526. The first-order chi connectivity index (χ1) is 6.31. The Hall–Kier alpha value is -1.61. The van der Waals surface area contributed by atoms with Gasteiger partial charge in [0.15, 0.2) is 0 Å². The summed E-state index contributed by atoms with van der Waals surface area (Å²) in [5.41, 5.74) is 0.832. The van der Waals surface area contributed by atoms with Gasteiger partial charge in [-0.3, -0.25) is 0 Å². The molecule has 2 aromatic rings. The number of nitrogens with zero attached hydrogens (tertiary/aromatic N) is 5. The van der Waals surface area contributed by atoms with Crippen LogP contribution in [0.4, 0.5) is 0 Å². The molecule has 0 bridgehead atoms. The van der Waals surface area contributed by atoms with Gasteiger partial charge in [-0.05, 0) is 13.0 Å². The van der Waals surface area contributed by atoms with Gasteiger partial charge in [-0.15, -0.1) is 0 Å². The van der Waals surface area contributed by atoms with Crippen LogP contribution >= 0.6 is 11.8 Å². The summed E-state index contributed by atoms with van der Waals surface area (Å²) in [6.07, 6.45) is 1.42. The van der Waals surface area contributed by atoms with Crippen LogP contribution in [0.15, 0.2) is 17.4 Å². The third-order valence-corrected chi connectivity index (χ3v) is 2.09. The minimum Gasteiger partial charge on any atom is -0.216 e. The average Bonchev–Trinajstić information content (AvgIpc) is 2.52. The van der Waals surface area contributed by atoms with E-state index in [0.29, 0.717) is 5.78 Å². The lowest BCUT2D eigenvalue weighted by Crippen LogP contribution is -1.96. The zero-order valence-corrected chi connectivity index (χ0v) is 7.62. The maximum atomic E-state index is 8.54. The Morgan fingerprint density at radius 2 is 2.46 bits per heavy atom. The Morgan fingerprint density at radius 3 is 3.23 bits per heavy atom. The second-order valence-corrected chi connectivity index (χ2v) is 3.21. The quantitative estimate of drug-likeness (QED) is 0.382. The summed E-state index contributed by atoms with van der Waals surface area (Å²) < 4.78 is 1.54. The second kappa shape index (κ2) is 3.03. The predicted molar refractivity (Wildman–Crippen MR) is 47.0 cm³/mol. The highest BCUT2D eigenvalue weighted by Crippen LogP contribution is 2.16. The van der Waals surface area contributed by atoms with Crippen molar-refractivity contribution in [3.05, 3.63) is 18.1 Å². The molecule has 0 spiro atoms. The van der Waals surface area contributed by atoms with Crippen molar-refractivity contribution in [2.75, 3.05) is 0 Å². The molecule has 2 aromatic heterocycles. The molecule has 0 unspecified atom stereocenters. The zero-order chi connectivity index (χ0) is 9.26. The summed E-state index contributed by atoms with van der Waals surface area (Å²) >= 11 is 1.05. The molecule has 0 aliphatic rings. The maximum absolute atomic E-state index is 8.54. The number of aromatic nitrogens is 4. The largest absolute Gasteiger partial charge is 0.253 e. The number of hydrogen-bond donors (Lipinski definition) is 0. The summed E-state index contributed by atoms with van der Waals surface area (Å²) in [4.78, 5) is 8.09. The normalized spacial score (nSPS) is 10.2. The number of nitriles is 1. The molecule has 0 atom stereocenters. The first-order valence-electron chi connectivity index (χ1n) is 3.54. The van der Waals surface area contributed by atoms with Gasteiger partial charge in [0.05, 0.1) is 0 Å². The molecule has 13 heavy (non-hydrogen) atoms. The van der Waals surface area contributed by atoms with Crippen molar-refractivity contribution in [3.8, 4) is 5.40 Å². The van der Waals surface area contributed by atoms with Crippen LogP contribution in [-0.4, -0.2) is 19.6 Å². The van der Waals surface area contributed by atoms with Crippen molar-refractivity contribution >= 4 is 17.5 Å². The number of aryl methyl sites for hydroxylation is 1. The summed E-state index contributed by atoms with van der Waals surface area (Å²) in [6, 6.07) is 1.80. The number of thioether (sulfide) groups is 1. The zero-order valence-electron chi connectivity index (χ0n) is 6.80. The molecule has 64 valence electrons. The molecule has 2 rings (SSSR count). The molecule has 0 radical (unpaired) electrons. The van der Waals surface area contributed by atoms with Crippen molar-refractivity contribution in [2.24, 2.45) is 0 Å². The van der Waals surface area contributed by atoms with Crippen LogP contribution in [0, 0.1) is 17.6 Å². The highest BCUT2D eigenvalue weighted by atomic mass is 32.2. The molecular formula is C7H5N5S. The maximum Gasteiger partial charge on any atom is 0.253 e. The van der Waals surface area contributed by atoms with Gasteiger partial charge in [-0.2, -0.15) is 19.9 Å². The standard InChI is InChI=1S/C7H5N5S/c1-5-2-6(13-3-8)12-7(11-5)9-4-10-12/h2,4H,1H3. The summed E-state index contributed by atoms with van der Waals surface area (Å²) in [5.74, 6) is 0.526. The summed E-state index contributed by atoms with van der Waals surface area (Å²) in [6.45, 7) is 1.86. The van der Waals surface area contributed by atoms with Crippen molar-refractivity contribution in [3.63, 3.8) is 0 Å². The van der Waals surface area contributed by atoms with Gasteiger partial charge in [-0.25, -0.2) is 4.98 Å². The van der Waals surface area contributed by atoms with E-state index in [1.807, 2.05) is 12.3 Å². The van der Waals surface area contributed by atoms with Crippen LogP contribution in [0.1, 0.15) is 5.69 Å². The molecule has 0 saturated carbocycles. The molecule has 0 aliphatic heterocycles. The fourth-order valence-corrected chi connectivity index (χ4v) is 1.55. The smallest absolute Gasteiger partial charge is 0.216 e. The first kappa shape index (κ1) is 8.01. The molecule has 0 fully saturated rings. The topological polar surface area (TPSA) is 66.9 Å². The average molecular weight is 191 g/mol. The minimum absolute atomic E-state index is 0.526. The van der Waals surface area contributed by atoms with E-state index in [9.17, 15) is 0 Å². The second-order valence-electron chi connectivity index (χ2n) is 2.40. The number of fused-ring (bicyclic) bond motifs is 1. The Morgan fingerprint density at radius 1 is 1.62 bits per heavy atom. The van der Waals surface area contributed by atoms with Gasteiger partial charge in [-0.1, -0.05) is 0 Å². The Kier molecular flexibility index (Phi) is 1.87. The molecule has 0 aliphatic carbocycles. The van der Waals surface area contributed by atoms with Crippen molar-refractivity contribution in [1.29, 1.82) is 5.26 Å². The lowest BCUT2D eigenvalue weighted by molar-refractivity contribution is 0.835. The van der Waals surface area contributed by atoms with Gasteiger partial charge < -0.3 is 0 Å². The molecule has 5 nitrogen and oxygen atoms in total. The Bertz CT molecular complexity index is 483. The highest BCUT2D eigenvalue weighted by Gasteiger charge is 2.04. The molecule has 6 heteroatoms. The van der Waals surface area contributed by atoms with Gasteiger partial charge in [0.1, 0.15) is 16.8 Å². The van der Waals surface area contributed by atoms with Crippen LogP contribution in [0.5, 0.6) is 0 Å². The van der Waals surface area contributed by atoms with Crippen LogP contribution in [-0.2, 0) is 0 Å². The fraction of sp³-hybridized carbons (Fsp3) is 0.143. The van der Waals surface area contributed by atoms with Crippen molar-refractivity contribution in [1.82, 2.24) is 19.6 Å². The Balaban J connectivity index is 2.71. The number of thiocyanates is 1. The summed E-state index contributed by atoms with van der Waals surface area (Å²) in [5, 5.41) is 15.2. The molecule has 0 aromatic carbocycles. The molecular weight excluding hydrogens is 186 g/mol. The van der Waals surface area contributed by atoms with Crippen LogP contribution in [0.25, 0.3) is 5.78 Å². The van der Waals surface area contributed by atoms with E-state index in [0.717, 1.165) is 22.5 Å². The lowest BCUT2D eigenvalue weighted by Gasteiger charge is -1.98. The highest BCUT2D eigenvalue weighted by molar-refractivity contribution is 8.03. The SMILES string of the molecule is Cc1cc(SC#N)n2ncnc2n1. The molecule has 0 N–H and O–H groups in total. The van der Waals surface area contributed by atoms with E-state index in [-0.39, 0.29) is 0 Å². The van der Waals surface area contributed by atoms with E-state index < -0.39 is 0 Å². The van der Waals surface area contributed by atoms with Gasteiger partial charge in [0, 0.05) is 17.5 Å². The lowest BCUT2D eigenvalue weighted by atomic mass is 10.5. The van der Waals surface area contributed by atoms with Gasteiger partial charge >= 0.3 is 0 Å². The van der Waals surface area contributed by atoms with Crippen LogP contribution in [0.3, 0.4) is 0 Å². The number of hydrogen-bond acceptors (Lipinski definition) is 5. The third-order valence-electron chi connectivity index (χ3n) is 1.50. The Labute approximate surface area is 78.4 Å². The van der Waals surface area contributed by atoms with Crippen LogP contribution in [0.2, 0.25) is 0 Å². The monoisotopic (exact) mass is 191 g/mol. The predicted octanol–water partition coefficient (Wildman–Crippen LogP) is 1.01. The van der Waals surface area contributed by atoms with E-state index in [2.05, 4.69) is 15.1 Å². The van der Waals surface area contributed by atoms with E-state index in [1.54, 1.807) is 10.6 Å².